The molecule has 4 heteroatoms. The predicted molar refractivity (Wildman–Crippen MR) is 83.9 cm³/mol. The number of benzene rings is 1. The molecular formula is C16H16ClN3. The monoisotopic (exact) mass is 285 g/mol. The Bertz CT molecular complexity index is 751. The van der Waals surface area contributed by atoms with Gasteiger partial charge in [-0.05, 0) is 25.0 Å². The SMILES string of the molecule is CC1=C2c3c(cnc4cc(Cl)ccc34)NC2C(C)CN1. The summed E-state index contributed by atoms with van der Waals surface area (Å²) < 4.78 is 0. The molecule has 102 valence electrons. The van der Waals surface area contributed by atoms with Crippen LogP contribution >= 0.6 is 11.6 Å². The van der Waals surface area contributed by atoms with Gasteiger partial charge in [-0.15, -0.1) is 0 Å². The van der Waals surface area contributed by atoms with Crippen molar-refractivity contribution in [3.8, 4) is 0 Å². The van der Waals surface area contributed by atoms with E-state index in [-0.39, 0.29) is 0 Å². The molecule has 2 atom stereocenters. The van der Waals surface area contributed by atoms with Gasteiger partial charge in [-0.25, -0.2) is 0 Å². The minimum absolute atomic E-state index is 0.384. The summed E-state index contributed by atoms with van der Waals surface area (Å²) in [5.74, 6) is 0.559. The maximum atomic E-state index is 6.08. The van der Waals surface area contributed by atoms with E-state index in [9.17, 15) is 0 Å². The highest BCUT2D eigenvalue weighted by Crippen LogP contribution is 2.44. The number of halogens is 1. The zero-order valence-corrected chi connectivity index (χ0v) is 12.3. The second-order valence-corrected chi connectivity index (χ2v) is 6.16. The van der Waals surface area contributed by atoms with E-state index >= 15 is 0 Å². The zero-order valence-electron chi connectivity index (χ0n) is 11.5. The predicted octanol–water partition coefficient (Wildman–Crippen LogP) is 3.65. The Kier molecular flexibility index (Phi) is 2.48. The highest BCUT2D eigenvalue weighted by atomic mass is 35.5. The standard InChI is InChI=1S/C16H16ClN3/c1-8-6-18-9(2)14-15-11-4-3-10(17)5-12(11)19-7-13(15)20-16(8)14/h3-5,7-8,16,18,20H,6H2,1-2H3. The molecule has 0 spiro atoms. The van der Waals surface area contributed by atoms with Crippen molar-refractivity contribution >= 4 is 33.8 Å². The molecule has 0 saturated carbocycles. The summed E-state index contributed by atoms with van der Waals surface area (Å²) in [6.07, 6.45) is 1.93. The van der Waals surface area contributed by atoms with Gasteiger partial charge >= 0.3 is 0 Å². The second kappa shape index (κ2) is 4.13. The zero-order chi connectivity index (χ0) is 13.9. The smallest absolute Gasteiger partial charge is 0.0724 e. The molecule has 1 aromatic heterocycles. The van der Waals surface area contributed by atoms with Crippen LogP contribution in [0.2, 0.25) is 5.02 Å². The Labute approximate surface area is 123 Å². The highest BCUT2D eigenvalue weighted by molar-refractivity contribution is 6.31. The lowest BCUT2D eigenvalue weighted by Crippen LogP contribution is -2.38. The first-order chi connectivity index (χ1) is 9.65. The van der Waals surface area contributed by atoms with Crippen LogP contribution in [-0.4, -0.2) is 17.6 Å². The molecule has 0 aliphatic carbocycles. The summed E-state index contributed by atoms with van der Waals surface area (Å²) >= 11 is 6.08. The first-order valence-corrected chi connectivity index (χ1v) is 7.33. The largest absolute Gasteiger partial charge is 0.388 e. The van der Waals surface area contributed by atoms with Gasteiger partial charge in [-0.3, -0.25) is 4.98 Å². The van der Waals surface area contributed by atoms with Gasteiger partial charge in [0, 0.05) is 33.8 Å². The van der Waals surface area contributed by atoms with Crippen LogP contribution in [0.5, 0.6) is 0 Å². The van der Waals surface area contributed by atoms with E-state index in [2.05, 4.69) is 35.5 Å². The molecule has 0 saturated heterocycles. The van der Waals surface area contributed by atoms with Gasteiger partial charge in [-0.1, -0.05) is 24.6 Å². The summed E-state index contributed by atoms with van der Waals surface area (Å²) in [5.41, 5.74) is 6.02. The molecule has 0 radical (unpaired) electrons. The van der Waals surface area contributed by atoms with Crippen LogP contribution in [0.3, 0.4) is 0 Å². The molecule has 0 fully saturated rings. The van der Waals surface area contributed by atoms with Crippen LogP contribution in [0.4, 0.5) is 5.69 Å². The topological polar surface area (TPSA) is 37.0 Å². The summed E-state index contributed by atoms with van der Waals surface area (Å²) in [6, 6.07) is 6.33. The highest BCUT2D eigenvalue weighted by Gasteiger charge is 2.36. The van der Waals surface area contributed by atoms with E-state index in [0.29, 0.717) is 12.0 Å². The molecule has 1 aromatic carbocycles. The lowest BCUT2D eigenvalue weighted by atomic mass is 9.87. The molecule has 2 aliphatic heterocycles. The number of nitrogens with one attached hydrogen (secondary N) is 2. The Morgan fingerprint density at radius 2 is 2.20 bits per heavy atom. The maximum absolute atomic E-state index is 6.08. The van der Waals surface area contributed by atoms with E-state index in [1.807, 2.05) is 18.3 Å². The number of fused-ring (bicyclic) bond motifs is 5. The van der Waals surface area contributed by atoms with Crippen LogP contribution < -0.4 is 10.6 Å². The molecule has 2 aliphatic rings. The van der Waals surface area contributed by atoms with Gasteiger partial charge in [0.15, 0.2) is 0 Å². The van der Waals surface area contributed by atoms with Crippen LogP contribution in [0.25, 0.3) is 16.5 Å². The van der Waals surface area contributed by atoms with Crippen molar-refractivity contribution in [1.82, 2.24) is 10.3 Å². The van der Waals surface area contributed by atoms with Gasteiger partial charge in [0.25, 0.3) is 0 Å². The van der Waals surface area contributed by atoms with Crippen LogP contribution in [0.15, 0.2) is 30.1 Å². The van der Waals surface area contributed by atoms with Crippen molar-refractivity contribution in [1.29, 1.82) is 0 Å². The van der Waals surface area contributed by atoms with Gasteiger partial charge in [0.1, 0.15) is 0 Å². The normalized spacial score (nSPS) is 24.1. The Hall–Kier alpha value is -1.74. The number of allylic oxidation sites excluding steroid dienone is 1. The minimum Gasteiger partial charge on any atom is -0.388 e. The van der Waals surface area contributed by atoms with Crippen LogP contribution in [-0.2, 0) is 0 Å². The average molecular weight is 286 g/mol. The number of anilines is 1. The quantitative estimate of drug-likeness (QED) is 0.776. The second-order valence-electron chi connectivity index (χ2n) is 5.73. The first kappa shape index (κ1) is 12.0. The van der Waals surface area contributed by atoms with Crippen molar-refractivity contribution in [2.45, 2.75) is 19.9 Å². The van der Waals surface area contributed by atoms with E-state index in [1.165, 1.54) is 22.2 Å². The Morgan fingerprint density at radius 3 is 3.05 bits per heavy atom. The van der Waals surface area contributed by atoms with E-state index in [1.54, 1.807) is 0 Å². The summed E-state index contributed by atoms with van der Waals surface area (Å²) in [7, 11) is 0. The summed E-state index contributed by atoms with van der Waals surface area (Å²) in [6.45, 7) is 5.45. The molecule has 0 bridgehead atoms. The number of nitrogens with zero attached hydrogens (tertiary/aromatic N) is 1. The van der Waals surface area contributed by atoms with Crippen molar-refractivity contribution in [2.75, 3.05) is 11.9 Å². The van der Waals surface area contributed by atoms with Gasteiger partial charge in [0.2, 0.25) is 0 Å². The molecule has 3 nitrogen and oxygen atoms in total. The molecule has 2 aromatic rings. The third-order valence-electron chi connectivity index (χ3n) is 4.38. The number of hydrogen-bond acceptors (Lipinski definition) is 3. The maximum Gasteiger partial charge on any atom is 0.0724 e. The van der Waals surface area contributed by atoms with Gasteiger partial charge in [-0.2, -0.15) is 0 Å². The molecule has 2 N–H and O–H groups in total. The number of aromatic nitrogens is 1. The molecule has 3 heterocycles. The summed E-state index contributed by atoms with van der Waals surface area (Å²) in [5, 5.41) is 9.05. The molecular weight excluding hydrogens is 270 g/mol. The number of hydrogen-bond donors (Lipinski definition) is 2. The number of rotatable bonds is 0. The fraction of sp³-hybridized carbons (Fsp3) is 0.312. The van der Waals surface area contributed by atoms with Crippen molar-refractivity contribution in [3.05, 3.63) is 40.7 Å². The van der Waals surface area contributed by atoms with Crippen molar-refractivity contribution < 1.29 is 0 Å². The first-order valence-electron chi connectivity index (χ1n) is 6.95. The molecule has 20 heavy (non-hydrogen) atoms. The molecule has 2 unspecified atom stereocenters. The lowest BCUT2D eigenvalue weighted by Gasteiger charge is -2.29. The van der Waals surface area contributed by atoms with E-state index in [0.717, 1.165) is 22.8 Å². The fourth-order valence-corrected chi connectivity index (χ4v) is 3.50. The van der Waals surface area contributed by atoms with Gasteiger partial charge < -0.3 is 10.6 Å². The Morgan fingerprint density at radius 1 is 1.35 bits per heavy atom. The summed E-state index contributed by atoms with van der Waals surface area (Å²) in [4.78, 5) is 4.53. The third-order valence-corrected chi connectivity index (χ3v) is 4.62. The minimum atomic E-state index is 0.384. The third kappa shape index (κ3) is 1.56. The lowest BCUT2D eigenvalue weighted by molar-refractivity contribution is 0.503. The van der Waals surface area contributed by atoms with Crippen molar-refractivity contribution in [3.63, 3.8) is 0 Å². The number of pyridine rings is 1. The average Bonchev–Trinajstić information content (AvgIpc) is 2.83. The van der Waals surface area contributed by atoms with Gasteiger partial charge in [0.05, 0.1) is 23.4 Å². The van der Waals surface area contributed by atoms with Crippen LogP contribution in [0.1, 0.15) is 19.4 Å². The van der Waals surface area contributed by atoms with E-state index < -0.39 is 0 Å². The molecule has 0 amide bonds. The van der Waals surface area contributed by atoms with Crippen molar-refractivity contribution in [2.24, 2.45) is 5.92 Å². The van der Waals surface area contributed by atoms with Crippen LogP contribution in [0, 0.1) is 5.92 Å². The van der Waals surface area contributed by atoms with E-state index in [4.69, 9.17) is 11.6 Å². The molecule has 4 rings (SSSR count). The fourth-order valence-electron chi connectivity index (χ4n) is 3.34. The Balaban J connectivity index is 2.04.